The van der Waals surface area contributed by atoms with Gasteiger partial charge in [0.15, 0.2) is 0 Å². The number of hydrogen-bond acceptors (Lipinski definition) is 6. The van der Waals surface area contributed by atoms with Crippen LogP contribution in [0.1, 0.15) is 71.1 Å². The SMILES string of the molecule is CCOC(=O)C1=CCCC(N(C2CCCCC2)N(C)CCCC/C=C/C#N)=N1. The van der Waals surface area contributed by atoms with Crippen LogP contribution in [0.2, 0.25) is 0 Å². The molecule has 0 bridgehead atoms. The van der Waals surface area contributed by atoms with Crippen LogP contribution in [0.4, 0.5) is 0 Å². The van der Waals surface area contributed by atoms with Gasteiger partial charge < -0.3 is 4.74 Å². The van der Waals surface area contributed by atoms with Gasteiger partial charge in [0.25, 0.3) is 0 Å². The summed E-state index contributed by atoms with van der Waals surface area (Å²) in [5.41, 5.74) is 0.443. The Morgan fingerprint density at radius 3 is 2.86 bits per heavy atom. The highest BCUT2D eigenvalue weighted by Crippen LogP contribution is 2.27. The monoisotopic (exact) mass is 386 g/mol. The Morgan fingerprint density at radius 2 is 2.14 bits per heavy atom. The Labute approximate surface area is 169 Å². The molecule has 1 saturated carbocycles. The first-order valence-corrected chi connectivity index (χ1v) is 10.7. The summed E-state index contributed by atoms with van der Waals surface area (Å²) in [6, 6.07) is 2.49. The van der Waals surface area contributed by atoms with Crippen LogP contribution < -0.4 is 0 Å². The predicted octanol–water partition coefficient (Wildman–Crippen LogP) is 4.36. The molecule has 0 aromatic heterocycles. The number of esters is 1. The maximum Gasteiger partial charge on any atom is 0.356 e. The Kier molecular flexibility index (Phi) is 9.78. The maximum atomic E-state index is 12.2. The number of ether oxygens (including phenoxy) is 1. The summed E-state index contributed by atoms with van der Waals surface area (Å²) < 4.78 is 5.15. The van der Waals surface area contributed by atoms with E-state index < -0.39 is 0 Å². The molecule has 0 aromatic carbocycles. The zero-order valence-electron chi connectivity index (χ0n) is 17.4. The fourth-order valence-electron chi connectivity index (χ4n) is 3.94. The van der Waals surface area contributed by atoms with Gasteiger partial charge in [-0.3, -0.25) is 5.01 Å². The Bertz CT molecular complexity index is 627. The van der Waals surface area contributed by atoms with Crippen LogP contribution in [0.15, 0.2) is 28.9 Å². The summed E-state index contributed by atoms with van der Waals surface area (Å²) in [7, 11) is 2.13. The second-order valence-corrected chi connectivity index (χ2v) is 7.42. The first-order chi connectivity index (χ1) is 13.7. The van der Waals surface area contributed by atoms with E-state index in [1.165, 1.54) is 32.1 Å². The lowest BCUT2D eigenvalue weighted by Gasteiger charge is -2.43. The number of rotatable bonds is 9. The topological polar surface area (TPSA) is 68.9 Å². The van der Waals surface area contributed by atoms with Crippen molar-refractivity contribution < 1.29 is 9.53 Å². The standard InChI is InChI=1S/C22H34N4O2/c1-3-28-22(27)20-15-12-16-21(24-20)26(19-13-8-7-9-14-19)25(2)18-11-6-4-5-10-17-23/h5,10,15,19H,3-4,6-9,11-14,16,18H2,1-2H3/b10-5+. The van der Waals surface area contributed by atoms with Gasteiger partial charge in [-0.1, -0.05) is 31.4 Å². The molecular weight excluding hydrogens is 352 g/mol. The van der Waals surface area contributed by atoms with Crippen molar-refractivity contribution in [2.45, 2.75) is 77.2 Å². The Morgan fingerprint density at radius 1 is 1.36 bits per heavy atom. The smallest absolute Gasteiger partial charge is 0.356 e. The normalized spacial score (nSPS) is 17.9. The number of allylic oxidation sites excluding steroid dienone is 3. The number of unbranched alkanes of at least 4 members (excludes halogenated alkanes) is 2. The summed E-state index contributed by atoms with van der Waals surface area (Å²) in [6.07, 6.45) is 16.3. The molecular formula is C22H34N4O2. The fraction of sp³-hybridized carbons (Fsp3) is 0.682. The van der Waals surface area contributed by atoms with Crippen molar-refractivity contribution in [1.29, 1.82) is 5.26 Å². The second-order valence-electron chi connectivity index (χ2n) is 7.42. The van der Waals surface area contributed by atoms with Crippen molar-refractivity contribution >= 4 is 11.8 Å². The van der Waals surface area contributed by atoms with Gasteiger partial charge in [0, 0.05) is 32.1 Å². The molecule has 6 heteroatoms. The predicted molar refractivity (Wildman–Crippen MR) is 111 cm³/mol. The average Bonchev–Trinajstić information content (AvgIpc) is 2.72. The van der Waals surface area contributed by atoms with Crippen molar-refractivity contribution in [2.24, 2.45) is 4.99 Å². The Balaban J connectivity index is 2.06. The van der Waals surface area contributed by atoms with Crippen molar-refractivity contribution in [1.82, 2.24) is 10.0 Å². The second kappa shape index (κ2) is 12.4. The molecule has 1 aliphatic carbocycles. The van der Waals surface area contributed by atoms with Gasteiger partial charge >= 0.3 is 5.97 Å². The molecule has 1 fully saturated rings. The molecule has 0 unspecified atom stereocenters. The number of hydrazine groups is 1. The van der Waals surface area contributed by atoms with Gasteiger partial charge in [0.05, 0.1) is 12.7 Å². The van der Waals surface area contributed by atoms with E-state index in [9.17, 15) is 4.79 Å². The molecule has 0 radical (unpaired) electrons. The van der Waals surface area contributed by atoms with Crippen molar-refractivity contribution in [3.05, 3.63) is 23.9 Å². The van der Waals surface area contributed by atoms with Crippen LogP contribution in [0.3, 0.4) is 0 Å². The van der Waals surface area contributed by atoms with Gasteiger partial charge in [-0.2, -0.15) is 5.26 Å². The van der Waals surface area contributed by atoms with Crippen LogP contribution in [0, 0.1) is 11.3 Å². The summed E-state index contributed by atoms with van der Waals surface area (Å²) in [6.45, 7) is 3.13. The molecule has 1 aliphatic heterocycles. The largest absolute Gasteiger partial charge is 0.461 e. The van der Waals surface area contributed by atoms with Crippen molar-refractivity contribution in [3.8, 4) is 6.07 Å². The van der Waals surface area contributed by atoms with Crippen LogP contribution in [-0.4, -0.2) is 48.1 Å². The van der Waals surface area contributed by atoms with E-state index in [0.717, 1.165) is 44.5 Å². The summed E-state index contributed by atoms with van der Waals surface area (Å²) >= 11 is 0. The highest BCUT2D eigenvalue weighted by molar-refractivity contribution is 5.94. The van der Waals surface area contributed by atoms with E-state index >= 15 is 0 Å². The lowest BCUT2D eigenvalue weighted by molar-refractivity contribution is -0.138. The minimum atomic E-state index is -0.324. The highest BCUT2D eigenvalue weighted by atomic mass is 16.5. The molecule has 6 nitrogen and oxygen atoms in total. The van der Waals surface area contributed by atoms with Crippen LogP contribution >= 0.6 is 0 Å². The lowest BCUT2D eigenvalue weighted by Crippen LogP contribution is -2.51. The minimum absolute atomic E-state index is 0.324. The molecule has 0 saturated heterocycles. The van der Waals surface area contributed by atoms with E-state index in [1.54, 1.807) is 6.08 Å². The first kappa shape index (κ1) is 22.2. The van der Waals surface area contributed by atoms with Crippen LogP contribution in [0.25, 0.3) is 0 Å². The quantitative estimate of drug-likeness (QED) is 0.255. The minimum Gasteiger partial charge on any atom is -0.461 e. The number of aliphatic imine (C=N–C) groups is 1. The molecule has 154 valence electrons. The Hall–Kier alpha value is -2.13. The van der Waals surface area contributed by atoms with E-state index in [2.05, 4.69) is 17.1 Å². The third kappa shape index (κ3) is 6.79. The first-order valence-electron chi connectivity index (χ1n) is 10.7. The van der Waals surface area contributed by atoms with Gasteiger partial charge in [-0.15, -0.1) is 0 Å². The summed E-state index contributed by atoms with van der Waals surface area (Å²) in [4.78, 5) is 16.9. The zero-order chi connectivity index (χ0) is 20.2. The van der Waals surface area contributed by atoms with Crippen molar-refractivity contribution in [3.63, 3.8) is 0 Å². The van der Waals surface area contributed by atoms with E-state index in [0.29, 0.717) is 18.3 Å². The molecule has 1 heterocycles. The number of carbonyl (C=O) groups excluding carboxylic acids is 1. The number of nitrogens with zero attached hydrogens (tertiary/aromatic N) is 4. The van der Waals surface area contributed by atoms with Gasteiger partial charge in [-0.25, -0.2) is 14.8 Å². The summed E-state index contributed by atoms with van der Waals surface area (Å²) in [5.74, 6) is 0.666. The molecule has 0 spiro atoms. The van der Waals surface area contributed by atoms with Gasteiger partial charge in [-0.05, 0) is 45.4 Å². The third-order valence-corrected chi connectivity index (χ3v) is 5.29. The van der Waals surface area contributed by atoms with Gasteiger partial charge in [0.2, 0.25) is 0 Å². The highest BCUT2D eigenvalue weighted by Gasteiger charge is 2.29. The van der Waals surface area contributed by atoms with Crippen molar-refractivity contribution in [2.75, 3.05) is 20.2 Å². The molecule has 2 rings (SSSR count). The molecule has 0 amide bonds. The van der Waals surface area contributed by atoms with Crippen LogP contribution in [-0.2, 0) is 9.53 Å². The lowest BCUT2D eigenvalue weighted by atomic mass is 9.94. The number of amidine groups is 1. The number of nitriles is 1. The average molecular weight is 387 g/mol. The zero-order valence-corrected chi connectivity index (χ0v) is 17.4. The molecule has 2 aliphatic rings. The molecule has 0 N–H and O–H groups in total. The third-order valence-electron chi connectivity index (χ3n) is 5.29. The fourth-order valence-corrected chi connectivity index (χ4v) is 3.94. The van der Waals surface area contributed by atoms with Crippen LogP contribution in [0.5, 0.6) is 0 Å². The molecule has 0 aromatic rings. The van der Waals surface area contributed by atoms with Gasteiger partial charge in [0.1, 0.15) is 11.5 Å². The number of hydrogen-bond donors (Lipinski definition) is 0. The number of carbonyl (C=O) groups is 1. The van der Waals surface area contributed by atoms with E-state index in [4.69, 9.17) is 15.0 Å². The van der Waals surface area contributed by atoms with E-state index in [-0.39, 0.29) is 5.97 Å². The van der Waals surface area contributed by atoms with E-state index in [1.807, 2.05) is 25.1 Å². The molecule has 28 heavy (non-hydrogen) atoms. The summed E-state index contributed by atoms with van der Waals surface area (Å²) in [5, 5.41) is 13.2. The molecule has 0 atom stereocenters. The maximum absolute atomic E-state index is 12.2.